The molecule has 0 bridgehead atoms. The number of benzene rings is 1. The van der Waals surface area contributed by atoms with Crippen LogP contribution >= 0.6 is 0 Å². The van der Waals surface area contributed by atoms with Crippen LogP contribution in [0.25, 0.3) is 10.9 Å². The summed E-state index contributed by atoms with van der Waals surface area (Å²) in [5.41, 5.74) is 2.49. The third kappa shape index (κ3) is 1.85. The highest BCUT2D eigenvalue weighted by molar-refractivity contribution is 5.91. The molecule has 1 aliphatic heterocycles. The molecule has 2 heterocycles. The number of nitrogens with zero attached hydrogens (tertiary/aromatic N) is 1. The van der Waals surface area contributed by atoms with E-state index in [1.165, 1.54) is 19.1 Å². The molecule has 1 atom stereocenters. The van der Waals surface area contributed by atoms with Gasteiger partial charge < -0.3 is 14.5 Å². The maximum absolute atomic E-state index is 14.3. The van der Waals surface area contributed by atoms with Crippen molar-refractivity contribution < 1.29 is 18.7 Å². The van der Waals surface area contributed by atoms with Gasteiger partial charge in [0.2, 0.25) is 0 Å². The molecule has 0 radical (unpaired) electrons. The number of aromatic nitrogens is 1. The van der Waals surface area contributed by atoms with Gasteiger partial charge in [0.25, 0.3) is 5.79 Å². The number of carbonyl (C=O) groups is 1. The van der Waals surface area contributed by atoms with E-state index in [4.69, 9.17) is 9.47 Å². The van der Waals surface area contributed by atoms with Crippen LogP contribution in [0.5, 0.6) is 0 Å². The van der Waals surface area contributed by atoms with E-state index in [0.29, 0.717) is 35.2 Å². The van der Waals surface area contributed by atoms with Crippen molar-refractivity contribution in [1.29, 1.82) is 5.26 Å². The summed E-state index contributed by atoms with van der Waals surface area (Å²) < 4.78 is 25.7. The smallest absolute Gasteiger partial charge is 0.305 e. The second-order valence-electron chi connectivity index (χ2n) is 5.73. The standard InChI is InChI=1S/C18H13FN2O3/c1-10(22)24-18(12-3-2-4-12)17-13(7-8-23-18)15-11(9-20)5-6-14(19)16(15)21-17/h2-6,21H,7-8H2,1H3. The van der Waals surface area contributed by atoms with Crippen LogP contribution in [0.2, 0.25) is 0 Å². The van der Waals surface area contributed by atoms with E-state index in [2.05, 4.69) is 11.1 Å². The quantitative estimate of drug-likeness (QED) is 0.862. The Hall–Kier alpha value is -2.91. The molecule has 1 aromatic carbocycles. The van der Waals surface area contributed by atoms with E-state index in [1.54, 1.807) is 12.2 Å². The van der Waals surface area contributed by atoms with Crippen molar-refractivity contribution in [3.63, 3.8) is 0 Å². The molecule has 1 aromatic heterocycles. The fourth-order valence-corrected chi connectivity index (χ4v) is 3.31. The lowest BCUT2D eigenvalue weighted by atomic mass is 9.89. The van der Waals surface area contributed by atoms with Gasteiger partial charge in [0.1, 0.15) is 5.82 Å². The van der Waals surface area contributed by atoms with Crippen LogP contribution in [0.4, 0.5) is 4.39 Å². The van der Waals surface area contributed by atoms with Gasteiger partial charge in [-0.05, 0) is 24.1 Å². The van der Waals surface area contributed by atoms with Gasteiger partial charge in [-0.3, -0.25) is 4.79 Å². The predicted molar refractivity (Wildman–Crippen MR) is 83.3 cm³/mol. The lowest BCUT2D eigenvalue weighted by molar-refractivity contribution is -0.223. The summed E-state index contributed by atoms with van der Waals surface area (Å²) in [4.78, 5) is 14.7. The monoisotopic (exact) mass is 324 g/mol. The summed E-state index contributed by atoms with van der Waals surface area (Å²) in [5.74, 6) is -2.40. The van der Waals surface area contributed by atoms with E-state index in [1.807, 2.05) is 6.08 Å². The van der Waals surface area contributed by atoms with Crippen LogP contribution in [0.15, 0.2) is 35.9 Å². The van der Waals surface area contributed by atoms with E-state index in [9.17, 15) is 14.4 Å². The van der Waals surface area contributed by atoms with Gasteiger partial charge in [0.15, 0.2) is 0 Å². The molecule has 1 N–H and O–H groups in total. The van der Waals surface area contributed by atoms with Gasteiger partial charge >= 0.3 is 5.97 Å². The number of aromatic amines is 1. The molecule has 5 nitrogen and oxygen atoms in total. The molecule has 2 aliphatic rings. The van der Waals surface area contributed by atoms with Crippen LogP contribution in [0, 0.1) is 17.1 Å². The minimum atomic E-state index is -1.42. The van der Waals surface area contributed by atoms with Crippen LogP contribution in [-0.2, 0) is 26.5 Å². The van der Waals surface area contributed by atoms with Crippen molar-refractivity contribution in [2.45, 2.75) is 19.1 Å². The second-order valence-corrected chi connectivity index (χ2v) is 5.73. The van der Waals surface area contributed by atoms with Gasteiger partial charge in [0.05, 0.1) is 29.5 Å². The average molecular weight is 324 g/mol. The zero-order valence-corrected chi connectivity index (χ0v) is 12.9. The van der Waals surface area contributed by atoms with Gasteiger partial charge in [-0.2, -0.15) is 5.26 Å². The van der Waals surface area contributed by atoms with Crippen LogP contribution in [0.1, 0.15) is 23.7 Å². The number of esters is 1. The Labute approximate surface area is 137 Å². The molecule has 0 saturated carbocycles. The number of nitrogens with one attached hydrogen (secondary N) is 1. The maximum Gasteiger partial charge on any atom is 0.305 e. The van der Waals surface area contributed by atoms with Crippen molar-refractivity contribution >= 4 is 16.9 Å². The number of hydrogen-bond donors (Lipinski definition) is 1. The molecule has 0 fully saturated rings. The zero-order chi connectivity index (χ0) is 16.9. The number of carbonyl (C=O) groups excluding carboxylic acids is 1. The Bertz CT molecular complexity index is 980. The molecular weight excluding hydrogens is 311 g/mol. The van der Waals surface area contributed by atoms with Crippen LogP contribution in [0.3, 0.4) is 0 Å². The number of rotatable bonds is 2. The fourth-order valence-electron chi connectivity index (χ4n) is 3.31. The molecule has 6 heteroatoms. The molecular formula is C18H13FN2O3. The minimum absolute atomic E-state index is 0.227. The topological polar surface area (TPSA) is 75.1 Å². The summed E-state index contributed by atoms with van der Waals surface area (Å²) in [6.45, 7) is 1.59. The molecule has 24 heavy (non-hydrogen) atoms. The average Bonchev–Trinajstić information content (AvgIpc) is 2.88. The highest BCUT2D eigenvalue weighted by Crippen LogP contribution is 2.45. The van der Waals surface area contributed by atoms with E-state index in [0.717, 1.165) is 5.56 Å². The number of hydrogen-bond acceptors (Lipinski definition) is 4. The van der Waals surface area contributed by atoms with Gasteiger partial charge in [-0.25, -0.2) is 4.39 Å². The summed E-state index contributed by atoms with van der Waals surface area (Å²) in [5, 5.41) is 9.89. The third-order valence-electron chi connectivity index (χ3n) is 4.33. The number of ether oxygens (including phenoxy) is 2. The number of fused-ring (bicyclic) bond motifs is 3. The first kappa shape index (κ1) is 14.7. The Morgan fingerprint density at radius 1 is 1.50 bits per heavy atom. The largest absolute Gasteiger partial charge is 0.422 e. The highest BCUT2D eigenvalue weighted by atomic mass is 19.1. The van der Waals surface area contributed by atoms with Gasteiger partial charge in [-0.15, -0.1) is 0 Å². The number of allylic oxidation sites excluding steroid dienone is 2. The maximum atomic E-state index is 14.3. The molecule has 4 rings (SSSR count). The van der Waals surface area contributed by atoms with Gasteiger partial charge in [-0.1, -0.05) is 18.2 Å². The summed E-state index contributed by atoms with van der Waals surface area (Å²) in [6, 6.07) is 4.80. The van der Waals surface area contributed by atoms with E-state index in [-0.39, 0.29) is 5.52 Å². The molecule has 2 aromatic rings. The Kier molecular flexibility index (Phi) is 3.08. The highest BCUT2D eigenvalue weighted by Gasteiger charge is 2.47. The van der Waals surface area contributed by atoms with E-state index >= 15 is 0 Å². The third-order valence-corrected chi connectivity index (χ3v) is 4.33. The molecule has 0 saturated heterocycles. The SMILES string of the molecule is CC(=O)OC1(C2=CC=C2)OCCc2c1[nH]c1c(F)ccc(C#N)c21. The lowest BCUT2D eigenvalue weighted by Gasteiger charge is -2.38. The predicted octanol–water partition coefficient (Wildman–Crippen LogP) is 2.96. The number of H-pyrrole nitrogens is 1. The zero-order valence-electron chi connectivity index (χ0n) is 12.9. The first-order valence-corrected chi connectivity index (χ1v) is 7.53. The summed E-state index contributed by atoms with van der Waals surface area (Å²) >= 11 is 0. The molecule has 1 unspecified atom stereocenters. The number of halogens is 1. The molecule has 0 spiro atoms. The van der Waals surface area contributed by atoms with Crippen molar-refractivity contribution in [2.75, 3.05) is 6.61 Å². The second kappa shape index (κ2) is 5.05. The van der Waals surface area contributed by atoms with Crippen molar-refractivity contribution in [3.05, 3.63) is 58.6 Å². The Morgan fingerprint density at radius 2 is 2.29 bits per heavy atom. The molecule has 1 aliphatic carbocycles. The Balaban J connectivity index is 2.04. The van der Waals surface area contributed by atoms with Crippen LogP contribution < -0.4 is 0 Å². The lowest BCUT2D eigenvalue weighted by Crippen LogP contribution is -2.42. The summed E-state index contributed by atoms with van der Waals surface area (Å²) in [6.07, 6.45) is 5.87. The Morgan fingerprint density at radius 3 is 2.92 bits per heavy atom. The van der Waals surface area contributed by atoms with Crippen molar-refractivity contribution in [1.82, 2.24) is 4.98 Å². The first-order valence-electron chi connectivity index (χ1n) is 7.53. The number of nitriles is 1. The molecule has 120 valence electrons. The molecule has 0 amide bonds. The first-order chi connectivity index (χ1) is 11.6. The minimum Gasteiger partial charge on any atom is -0.422 e. The van der Waals surface area contributed by atoms with E-state index < -0.39 is 17.6 Å². The van der Waals surface area contributed by atoms with Crippen molar-refractivity contribution in [3.8, 4) is 6.07 Å². The normalized spacial score (nSPS) is 21.6. The fraction of sp³-hybridized carbons (Fsp3) is 0.222. The summed E-state index contributed by atoms with van der Waals surface area (Å²) in [7, 11) is 0. The van der Waals surface area contributed by atoms with Gasteiger partial charge in [0, 0.05) is 17.9 Å². The van der Waals surface area contributed by atoms with Crippen molar-refractivity contribution in [2.24, 2.45) is 0 Å². The van der Waals surface area contributed by atoms with Crippen LogP contribution in [-0.4, -0.2) is 17.6 Å².